The first-order chi connectivity index (χ1) is 14.1. The van der Waals surface area contributed by atoms with Crippen LogP contribution < -0.4 is 10.1 Å². The highest BCUT2D eigenvalue weighted by Gasteiger charge is 2.22. The van der Waals surface area contributed by atoms with Gasteiger partial charge in [-0.3, -0.25) is 4.79 Å². The van der Waals surface area contributed by atoms with Crippen LogP contribution in [-0.4, -0.2) is 52.7 Å². The molecule has 0 aliphatic rings. The van der Waals surface area contributed by atoms with E-state index in [4.69, 9.17) is 4.74 Å². The fourth-order valence-corrected chi connectivity index (χ4v) is 3.51. The number of hydrogen-bond acceptors (Lipinski definition) is 5. The van der Waals surface area contributed by atoms with Crippen molar-refractivity contribution in [2.45, 2.75) is 23.8 Å². The van der Waals surface area contributed by atoms with E-state index in [-0.39, 0.29) is 35.9 Å². The maximum atomic E-state index is 14.1. The topological polar surface area (TPSA) is 75.7 Å². The number of hydrogen-bond donors (Lipinski definition) is 1. The summed E-state index contributed by atoms with van der Waals surface area (Å²) >= 11 is 0. The van der Waals surface area contributed by atoms with Crippen molar-refractivity contribution in [2.24, 2.45) is 0 Å². The average molecular weight is 441 g/mol. The van der Waals surface area contributed by atoms with Gasteiger partial charge in [0.05, 0.1) is 17.5 Å². The Morgan fingerprint density at radius 1 is 1.10 bits per heavy atom. The average Bonchev–Trinajstić information content (AvgIpc) is 2.67. The number of nitrogens with one attached hydrogen (secondary N) is 1. The molecule has 0 aromatic heterocycles. The van der Waals surface area contributed by atoms with Crippen molar-refractivity contribution in [3.8, 4) is 5.75 Å². The van der Waals surface area contributed by atoms with Gasteiger partial charge in [-0.25, -0.2) is 17.2 Å². The third kappa shape index (κ3) is 6.77. The molecule has 6 nitrogen and oxygen atoms in total. The standard InChI is InChI=1S/C21H26F2N2O4S/c1-25(2)19(21-17(22)6-4-7-18(21)23)14-24-20(26)8-5-13-29-15-9-11-16(12-10-15)30(3,27)28/h4,6-7,9-12,19H,5,8,13-14H2,1-3H3,(H,24,26). The fraction of sp³-hybridized carbons (Fsp3) is 0.381. The van der Waals surface area contributed by atoms with Gasteiger partial charge in [-0.15, -0.1) is 0 Å². The number of sulfone groups is 1. The first kappa shape index (κ1) is 23.8. The van der Waals surface area contributed by atoms with Gasteiger partial charge in [0.25, 0.3) is 0 Å². The van der Waals surface area contributed by atoms with E-state index in [1.165, 1.54) is 30.3 Å². The van der Waals surface area contributed by atoms with E-state index >= 15 is 0 Å². The van der Waals surface area contributed by atoms with Crippen LogP contribution in [0.4, 0.5) is 8.78 Å². The SMILES string of the molecule is CN(C)C(CNC(=O)CCCOc1ccc(S(C)(=O)=O)cc1)c1c(F)cccc1F. The summed E-state index contributed by atoms with van der Waals surface area (Å²) in [5.41, 5.74) is -0.0799. The molecule has 0 aliphatic carbocycles. The Morgan fingerprint density at radius 3 is 2.23 bits per heavy atom. The van der Waals surface area contributed by atoms with Crippen molar-refractivity contribution < 1.29 is 26.7 Å². The zero-order chi connectivity index (χ0) is 22.3. The maximum Gasteiger partial charge on any atom is 0.220 e. The molecule has 1 unspecified atom stereocenters. The van der Waals surface area contributed by atoms with Gasteiger partial charge in [0.1, 0.15) is 17.4 Å². The molecule has 9 heteroatoms. The Kier molecular flexibility index (Phi) is 8.31. The van der Waals surface area contributed by atoms with Crippen molar-refractivity contribution in [3.05, 3.63) is 59.7 Å². The number of carbonyl (C=O) groups is 1. The Bertz CT molecular complexity index is 943. The van der Waals surface area contributed by atoms with Gasteiger partial charge in [-0.2, -0.15) is 0 Å². The zero-order valence-corrected chi connectivity index (χ0v) is 18.0. The second-order valence-corrected chi connectivity index (χ2v) is 9.13. The van der Waals surface area contributed by atoms with E-state index < -0.39 is 27.5 Å². The summed E-state index contributed by atoms with van der Waals surface area (Å²) < 4.78 is 56.5. The Labute approximate surface area is 175 Å². The third-order valence-electron chi connectivity index (χ3n) is 4.52. The minimum Gasteiger partial charge on any atom is -0.494 e. The van der Waals surface area contributed by atoms with E-state index in [9.17, 15) is 22.0 Å². The molecule has 0 bridgehead atoms. The van der Waals surface area contributed by atoms with Gasteiger partial charge in [0, 0.05) is 24.8 Å². The van der Waals surface area contributed by atoms with Gasteiger partial charge in [0.2, 0.25) is 5.91 Å². The highest BCUT2D eigenvalue weighted by molar-refractivity contribution is 7.90. The van der Waals surface area contributed by atoms with Crippen LogP contribution in [0.2, 0.25) is 0 Å². The highest BCUT2D eigenvalue weighted by atomic mass is 32.2. The second kappa shape index (κ2) is 10.5. The highest BCUT2D eigenvalue weighted by Crippen LogP contribution is 2.24. The molecule has 2 aromatic carbocycles. The summed E-state index contributed by atoms with van der Waals surface area (Å²) in [6, 6.07) is 9.07. The number of ether oxygens (including phenoxy) is 1. The Morgan fingerprint density at radius 2 is 1.70 bits per heavy atom. The molecule has 0 radical (unpaired) electrons. The second-order valence-electron chi connectivity index (χ2n) is 7.11. The lowest BCUT2D eigenvalue weighted by Crippen LogP contribution is -2.35. The molecule has 0 heterocycles. The molecule has 0 saturated carbocycles. The number of rotatable bonds is 10. The van der Waals surface area contributed by atoms with Crippen molar-refractivity contribution >= 4 is 15.7 Å². The number of nitrogens with zero attached hydrogens (tertiary/aromatic N) is 1. The molecule has 0 saturated heterocycles. The summed E-state index contributed by atoms with van der Waals surface area (Å²) in [5.74, 6) is -1.06. The van der Waals surface area contributed by atoms with E-state index in [2.05, 4.69) is 5.32 Å². The van der Waals surface area contributed by atoms with Crippen LogP contribution in [-0.2, 0) is 14.6 Å². The van der Waals surface area contributed by atoms with E-state index in [0.29, 0.717) is 12.2 Å². The molecule has 30 heavy (non-hydrogen) atoms. The molecule has 164 valence electrons. The molecule has 0 fully saturated rings. The van der Waals surface area contributed by atoms with Crippen LogP contribution in [0, 0.1) is 11.6 Å². The van der Waals surface area contributed by atoms with E-state index in [1.54, 1.807) is 31.1 Å². The van der Waals surface area contributed by atoms with Crippen LogP contribution in [0.1, 0.15) is 24.4 Å². The first-order valence-electron chi connectivity index (χ1n) is 9.39. The Balaban J connectivity index is 1.80. The molecule has 1 N–H and O–H groups in total. The van der Waals surface area contributed by atoms with Crippen LogP contribution in [0.25, 0.3) is 0 Å². The zero-order valence-electron chi connectivity index (χ0n) is 17.2. The van der Waals surface area contributed by atoms with Gasteiger partial charge < -0.3 is 15.0 Å². The van der Waals surface area contributed by atoms with Gasteiger partial charge in [-0.1, -0.05) is 6.07 Å². The van der Waals surface area contributed by atoms with Gasteiger partial charge >= 0.3 is 0 Å². The number of carbonyl (C=O) groups excluding carboxylic acids is 1. The summed E-state index contributed by atoms with van der Waals surface area (Å²) in [6.45, 7) is 0.336. The fourth-order valence-electron chi connectivity index (χ4n) is 2.88. The van der Waals surface area contributed by atoms with E-state index in [1.807, 2.05) is 0 Å². The lowest BCUT2D eigenvalue weighted by Gasteiger charge is -2.25. The molecule has 0 aliphatic heterocycles. The molecular weight excluding hydrogens is 414 g/mol. The monoisotopic (exact) mass is 440 g/mol. The minimum absolute atomic E-state index is 0.0670. The number of benzene rings is 2. The van der Waals surface area contributed by atoms with Crippen LogP contribution in [0.3, 0.4) is 0 Å². The quantitative estimate of drug-likeness (QED) is 0.575. The van der Waals surface area contributed by atoms with Crippen molar-refractivity contribution in [1.29, 1.82) is 0 Å². The minimum atomic E-state index is -3.26. The predicted octanol–water partition coefficient (Wildman–Crippen LogP) is 2.95. The first-order valence-corrected chi connectivity index (χ1v) is 11.3. The van der Waals surface area contributed by atoms with Crippen LogP contribution in [0.5, 0.6) is 5.75 Å². The smallest absolute Gasteiger partial charge is 0.220 e. The van der Waals surface area contributed by atoms with Gasteiger partial charge in [-0.05, 0) is 56.9 Å². The van der Waals surface area contributed by atoms with Crippen molar-refractivity contribution in [2.75, 3.05) is 33.5 Å². The molecule has 1 atom stereocenters. The summed E-state index contributed by atoms with van der Waals surface area (Å²) in [6.07, 6.45) is 1.74. The molecular formula is C21H26F2N2O4S. The predicted molar refractivity (Wildman–Crippen MR) is 110 cm³/mol. The number of likely N-dealkylation sites (N-methyl/N-ethyl adjacent to an activating group) is 1. The lowest BCUT2D eigenvalue weighted by atomic mass is 10.0. The van der Waals surface area contributed by atoms with Gasteiger partial charge in [0.15, 0.2) is 9.84 Å². The lowest BCUT2D eigenvalue weighted by molar-refractivity contribution is -0.121. The Hall–Kier alpha value is -2.52. The van der Waals surface area contributed by atoms with E-state index in [0.717, 1.165) is 6.26 Å². The molecule has 1 amide bonds. The summed E-state index contributed by atoms with van der Waals surface area (Å²) in [7, 11) is 0.112. The summed E-state index contributed by atoms with van der Waals surface area (Å²) in [5, 5.41) is 2.70. The maximum absolute atomic E-state index is 14.1. The third-order valence-corrected chi connectivity index (χ3v) is 5.65. The summed E-state index contributed by atoms with van der Waals surface area (Å²) in [4.78, 5) is 13.9. The van der Waals surface area contributed by atoms with Crippen molar-refractivity contribution in [1.82, 2.24) is 10.2 Å². The van der Waals surface area contributed by atoms with Crippen LogP contribution in [0.15, 0.2) is 47.4 Å². The van der Waals surface area contributed by atoms with Crippen LogP contribution >= 0.6 is 0 Å². The van der Waals surface area contributed by atoms with Crippen molar-refractivity contribution in [3.63, 3.8) is 0 Å². The molecule has 0 spiro atoms. The number of amides is 1. The normalized spacial score (nSPS) is 12.6. The molecule has 2 rings (SSSR count). The largest absolute Gasteiger partial charge is 0.494 e. The number of halogens is 2. The molecule has 2 aromatic rings.